The molecule has 1 aromatic rings. The average molecular weight is 215 g/mol. The second kappa shape index (κ2) is 4.79. The fraction of sp³-hybridized carbons (Fsp3) is 0.125. The topological polar surface area (TPSA) is 79.1 Å². The van der Waals surface area contributed by atoms with Crippen LogP contribution < -0.4 is 4.52 Å². The van der Waals surface area contributed by atoms with Crippen LogP contribution in [0.15, 0.2) is 35.5 Å². The van der Waals surface area contributed by atoms with Gasteiger partial charge in [-0.2, -0.15) is 0 Å². The van der Waals surface area contributed by atoms with Crippen molar-refractivity contribution in [2.45, 2.75) is 0 Å². The van der Waals surface area contributed by atoms with Gasteiger partial charge < -0.3 is 14.6 Å². The van der Waals surface area contributed by atoms with Gasteiger partial charge in [0.15, 0.2) is 0 Å². The van der Waals surface area contributed by atoms with Crippen molar-refractivity contribution in [3.8, 4) is 5.75 Å². The van der Waals surface area contributed by atoms with E-state index >= 15 is 0 Å². The Morgan fingerprint density at radius 2 is 2.07 bits per heavy atom. The first-order valence-electron chi connectivity index (χ1n) is 3.86. The van der Waals surface area contributed by atoms with E-state index in [9.17, 15) is 9.46 Å². The van der Waals surface area contributed by atoms with Gasteiger partial charge in [-0.05, 0) is 12.1 Å². The lowest BCUT2D eigenvalue weighted by Gasteiger charge is -2.10. The second-order valence-electron chi connectivity index (χ2n) is 2.52. The van der Waals surface area contributed by atoms with Crippen molar-refractivity contribution in [3.05, 3.63) is 30.3 Å². The van der Waals surface area contributed by atoms with Gasteiger partial charge >= 0.3 is 7.60 Å². The molecule has 1 aromatic carbocycles. The highest BCUT2D eigenvalue weighted by atomic mass is 31.2. The maximum atomic E-state index is 11.3. The summed E-state index contributed by atoms with van der Waals surface area (Å²) in [5.41, 5.74) is 0. The van der Waals surface area contributed by atoms with Crippen LogP contribution >= 0.6 is 7.60 Å². The van der Waals surface area contributed by atoms with Crippen molar-refractivity contribution in [1.82, 2.24) is 0 Å². The van der Waals surface area contributed by atoms with E-state index in [4.69, 9.17) is 9.73 Å². The number of hydrogen-bond donors (Lipinski definition) is 2. The molecule has 14 heavy (non-hydrogen) atoms. The Morgan fingerprint density at radius 3 is 2.64 bits per heavy atom. The predicted octanol–water partition coefficient (Wildman–Crippen LogP) is 1.71. The van der Waals surface area contributed by atoms with Crippen molar-refractivity contribution in [2.24, 2.45) is 5.16 Å². The largest absolute Gasteiger partial charge is 0.424 e. The second-order valence-corrected chi connectivity index (χ2v) is 4.35. The highest BCUT2D eigenvalue weighted by Crippen LogP contribution is 2.41. The van der Waals surface area contributed by atoms with Crippen molar-refractivity contribution >= 4 is 13.8 Å². The maximum Gasteiger partial charge on any atom is 0.382 e. The van der Waals surface area contributed by atoms with Crippen molar-refractivity contribution in [3.63, 3.8) is 0 Å². The Morgan fingerprint density at radius 1 is 1.43 bits per heavy atom. The number of rotatable bonds is 4. The van der Waals surface area contributed by atoms with Gasteiger partial charge in [-0.25, -0.2) is 4.57 Å². The number of para-hydroxylation sites is 1. The predicted molar refractivity (Wildman–Crippen MR) is 52.0 cm³/mol. The summed E-state index contributed by atoms with van der Waals surface area (Å²) in [4.78, 5) is 9.23. The molecular formula is C8H10NO4P. The Kier molecular flexibility index (Phi) is 3.68. The number of benzene rings is 1. The summed E-state index contributed by atoms with van der Waals surface area (Å²) in [6.45, 7) is 0. The highest BCUT2D eigenvalue weighted by molar-refractivity contribution is 7.54. The molecule has 0 aliphatic heterocycles. The molecule has 1 unspecified atom stereocenters. The van der Waals surface area contributed by atoms with E-state index in [0.717, 1.165) is 6.21 Å². The van der Waals surface area contributed by atoms with Crippen molar-refractivity contribution in [1.29, 1.82) is 0 Å². The van der Waals surface area contributed by atoms with Gasteiger partial charge in [0.1, 0.15) is 5.75 Å². The first-order valence-corrected chi connectivity index (χ1v) is 5.63. The summed E-state index contributed by atoms with van der Waals surface area (Å²) in [6, 6.07) is 8.28. The standard InChI is InChI=1S/C8H10NO4P/c10-9-6-7-14(11,12)13-8-4-2-1-3-5-8/h1-6,10H,7H2,(H,11,12). The van der Waals surface area contributed by atoms with E-state index in [-0.39, 0.29) is 6.16 Å². The summed E-state index contributed by atoms with van der Waals surface area (Å²) >= 11 is 0. The Labute approximate surface area is 81.2 Å². The molecule has 0 aliphatic rings. The Hall–Kier alpha value is -1.32. The first kappa shape index (κ1) is 10.8. The molecule has 1 atom stereocenters. The van der Waals surface area contributed by atoms with Crippen LogP contribution in [0, 0.1) is 0 Å². The summed E-state index contributed by atoms with van der Waals surface area (Å²) in [5.74, 6) is 0.310. The lowest BCUT2D eigenvalue weighted by molar-refractivity contribution is 0.320. The fourth-order valence-electron chi connectivity index (χ4n) is 0.823. The molecule has 0 radical (unpaired) electrons. The van der Waals surface area contributed by atoms with E-state index in [2.05, 4.69) is 5.16 Å². The van der Waals surface area contributed by atoms with Gasteiger partial charge in [0.05, 0.1) is 12.4 Å². The van der Waals surface area contributed by atoms with Crippen LogP contribution in [0.3, 0.4) is 0 Å². The van der Waals surface area contributed by atoms with Crippen molar-refractivity contribution in [2.75, 3.05) is 6.16 Å². The number of oxime groups is 1. The van der Waals surface area contributed by atoms with Crippen LogP contribution in [0.5, 0.6) is 5.75 Å². The monoisotopic (exact) mass is 215 g/mol. The molecule has 0 fully saturated rings. The summed E-state index contributed by atoms with van der Waals surface area (Å²) < 4.78 is 16.1. The van der Waals surface area contributed by atoms with Crippen LogP contribution in [0.2, 0.25) is 0 Å². The van der Waals surface area contributed by atoms with Gasteiger partial charge in [-0.1, -0.05) is 18.2 Å². The summed E-state index contributed by atoms with van der Waals surface area (Å²) in [7, 11) is -3.74. The molecule has 76 valence electrons. The fourth-order valence-corrected chi connectivity index (χ4v) is 1.63. The first-order chi connectivity index (χ1) is 6.64. The van der Waals surface area contributed by atoms with Gasteiger partial charge in [0.25, 0.3) is 0 Å². The molecule has 6 heteroatoms. The quantitative estimate of drug-likeness (QED) is 0.347. The molecule has 0 bridgehead atoms. The molecule has 0 saturated carbocycles. The molecule has 0 saturated heterocycles. The van der Waals surface area contributed by atoms with Crippen molar-refractivity contribution < 1.29 is 19.2 Å². The SMILES string of the molecule is O=P(O)(CC=NO)Oc1ccccc1. The van der Waals surface area contributed by atoms with E-state index in [1.165, 1.54) is 0 Å². The average Bonchev–Trinajstić information content (AvgIpc) is 2.16. The molecule has 1 rings (SSSR count). The Bertz CT molecular complexity index is 352. The molecule has 0 aromatic heterocycles. The van der Waals surface area contributed by atoms with Crippen LogP contribution in [0.25, 0.3) is 0 Å². The molecule has 0 spiro atoms. The highest BCUT2D eigenvalue weighted by Gasteiger charge is 2.19. The van der Waals surface area contributed by atoms with Gasteiger partial charge in [-0.3, -0.25) is 0 Å². The zero-order chi connectivity index (χ0) is 10.4. The molecule has 0 aliphatic carbocycles. The third-order valence-corrected chi connectivity index (χ3v) is 2.51. The molecule has 5 nitrogen and oxygen atoms in total. The van der Waals surface area contributed by atoms with Crippen LogP contribution in [0.4, 0.5) is 0 Å². The summed E-state index contributed by atoms with van der Waals surface area (Å²) in [6.07, 6.45) is 0.599. The van der Waals surface area contributed by atoms with Gasteiger partial charge in [0.2, 0.25) is 0 Å². The van der Waals surface area contributed by atoms with E-state index in [1.54, 1.807) is 30.3 Å². The minimum Gasteiger partial charge on any atom is -0.424 e. The zero-order valence-electron chi connectivity index (χ0n) is 7.28. The van der Waals surface area contributed by atoms with E-state index in [0.29, 0.717) is 5.75 Å². The van der Waals surface area contributed by atoms with E-state index in [1.807, 2.05) is 0 Å². The van der Waals surface area contributed by atoms with Gasteiger partial charge in [-0.15, -0.1) is 5.16 Å². The minimum atomic E-state index is -3.74. The molecule has 0 amide bonds. The maximum absolute atomic E-state index is 11.3. The van der Waals surface area contributed by atoms with Gasteiger partial charge in [0, 0.05) is 0 Å². The van der Waals surface area contributed by atoms with Crippen LogP contribution in [-0.2, 0) is 4.57 Å². The minimum absolute atomic E-state index is 0.310. The third kappa shape index (κ3) is 3.60. The number of hydrogen-bond acceptors (Lipinski definition) is 4. The van der Waals surface area contributed by atoms with E-state index < -0.39 is 7.60 Å². The number of nitrogens with zero attached hydrogens (tertiary/aromatic N) is 1. The molecule has 2 N–H and O–H groups in total. The summed E-state index contributed by atoms with van der Waals surface area (Å²) in [5, 5.41) is 10.7. The smallest absolute Gasteiger partial charge is 0.382 e. The lowest BCUT2D eigenvalue weighted by atomic mass is 10.3. The normalized spacial score (nSPS) is 15.2. The third-order valence-electron chi connectivity index (χ3n) is 1.39. The zero-order valence-corrected chi connectivity index (χ0v) is 8.17. The Balaban J connectivity index is 2.64. The molecule has 0 heterocycles. The van der Waals surface area contributed by atoms with Crippen LogP contribution in [-0.4, -0.2) is 22.5 Å². The molecular weight excluding hydrogens is 205 g/mol. The van der Waals surface area contributed by atoms with Crippen LogP contribution in [0.1, 0.15) is 0 Å². The lowest BCUT2D eigenvalue weighted by Crippen LogP contribution is -1.97.